The first-order valence-electron chi connectivity index (χ1n) is 11.3. The lowest BCUT2D eigenvalue weighted by Crippen LogP contribution is -2.64. The van der Waals surface area contributed by atoms with Crippen LogP contribution in [0.2, 0.25) is 0 Å². The molecular formula is C23H26F3N5O5. The minimum atomic E-state index is -4.44. The van der Waals surface area contributed by atoms with Crippen LogP contribution in [0.5, 0.6) is 6.01 Å². The standard InChI is InChI=1S/C23H26F3N5O5/c1-21(8-4-6-16-5-3-7-17(11-16)23(24,25)26)13-28(20(32)33)9-10-30(21)15-22(2)14-29-12-18(31(34)35)27-19(29)36-22/h3-7,11-12H,8-10,13-15H2,1-2H3,(H,32,33)/t21?,22-/m1/s1. The van der Waals surface area contributed by atoms with E-state index in [9.17, 15) is 33.2 Å². The third-order valence-electron chi connectivity index (χ3n) is 6.57. The first-order valence-corrected chi connectivity index (χ1v) is 11.3. The van der Waals surface area contributed by atoms with E-state index in [1.54, 1.807) is 22.8 Å². The van der Waals surface area contributed by atoms with Crippen LogP contribution in [0.15, 0.2) is 36.5 Å². The zero-order chi connectivity index (χ0) is 26.3. The summed E-state index contributed by atoms with van der Waals surface area (Å²) in [6.45, 7) is 5.39. The van der Waals surface area contributed by atoms with Gasteiger partial charge in [0.15, 0.2) is 0 Å². The van der Waals surface area contributed by atoms with Gasteiger partial charge in [-0.15, -0.1) is 0 Å². The van der Waals surface area contributed by atoms with Gasteiger partial charge < -0.3 is 24.9 Å². The number of imidazole rings is 1. The fraction of sp³-hybridized carbons (Fsp3) is 0.478. The molecule has 1 aromatic heterocycles. The van der Waals surface area contributed by atoms with Gasteiger partial charge in [0, 0.05) is 36.7 Å². The molecule has 13 heteroatoms. The minimum absolute atomic E-state index is 0.152. The maximum Gasteiger partial charge on any atom is 0.416 e. The molecule has 194 valence electrons. The van der Waals surface area contributed by atoms with Crippen molar-refractivity contribution in [1.82, 2.24) is 19.4 Å². The number of alkyl halides is 3. The second kappa shape index (κ2) is 9.12. The Balaban J connectivity index is 1.51. The molecule has 1 amide bonds. The highest BCUT2D eigenvalue weighted by molar-refractivity contribution is 5.65. The predicted octanol–water partition coefficient (Wildman–Crippen LogP) is 4.12. The number of carboxylic acid groups (broad SMARTS) is 1. The maximum absolute atomic E-state index is 13.0. The molecule has 0 bridgehead atoms. The second-order valence-electron chi connectivity index (χ2n) is 9.67. The Morgan fingerprint density at radius 1 is 1.31 bits per heavy atom. The van der Waals surface area contributed by atoms with Gasteiger partial charge in [-0.05, 0) is 42.9 Å². The minimum Gasteiger partial charge on any atom is -0.465 e. The predicted molar refractivity (Wildman–Crippen MR) is 123 cm³/mol. The van der Waals surface area contributed by atoms with Crippen molar-refractivity contribution < 1.29 is 32.7 Å². The van der Waals surface area contributed by atoms with Crippen LogP contribution in [0, 0.1) is 10.1 Å². The zero-order valence-corrected chi connectivity index (χ0v) is 19.7. The first-order chi connectivity index (χ1) is 16.8. The number of aromatic nitrogens is 2. The molecule has 1 unspecified atom stereocenters. The zero-order valence-electron chi connectivity index (χ0n) is 19.7. The van der Waals surface area contributed by atoms with Crippen LogP contribution in [0.3, 0.4) is 0 Å². The van der Waals surface area contributed by atoms with E-state index >= 15 is 0 Å². The number of benzene rings is 1. The maximum atomic E-state index is 13.0. The van der Waals surface area contributed by atoms with Crippen molar-refractivity contribution in [3.63, 3.8) is 0 Å². The number of amides is 1. The molecule has 4 rings (SSSR count). The Morgan fingerprint density at radius 3 is 2.69 bits per heavy atom. The molecule has 2 atom stereocenters. The van der Waals surface area contributed by atoms with Crippen molar-refractivity contribution in [2.24, 2.45) is 0 Å². The van der Waals surface area contributed by atoms with Crippen LogP contribution < -0.4 is 4.74 Å². The van der Waals surface area contributed by atoms with Gasteiger partial charge in [-0.1, -0.05) is 24.3 Å². The number of hydrogen-bond acceptors (Lipinski definition) is 6. The van der Waals surface area contributed by atoms with Crippen molar-refractivity contribution in [3.05, 3.63) is 57.8 Å². The molecule has 1 fully saturated rings. The van der Waals surface area contributed by atoms with Crippen LogP contribution in [-0.4, -0.2) is 72.8 Å². The number of nitro groups is 1. The van der Waals surface area contributed by atoms with Gasteiger partial charge in [0.1, 0.15) is 11.8 Å². The number of carbonyl (C=O) groups is 1. The molecule has 1 saturated heterocycles. The molecule has 2 aliphatic rings. The molecule has 36 heavy (non-hydrogen) atoms. The number of rotatable bonds is 6. The third kappa shape index (κ3) is 5.30. The summed E-state index contributed by atoms with van der Waals surface area (Å²) < 4.78 is 46.7. The number of piperazine rings is 1. The monoisotopic (exact) mass is 509 g/mol. The van der Waals surface area contributed by atoms with Gasteiger partial charge in [0.05, 0.1) is 12.1 Å². The third-order valence-corrected chi connectivity index (χ3v) is 6.57. The normalized spacial score (nSPS) is 24.6. The highest BCUT2D eigenvalue weighted by atomic mass is 19.4. The molecule has 0 radical (unpaired) electrons. The number of ether oxygens (including phenoxy) is 1. The van der Waals surface area contributed by atoms with E-state index in [0.29, 0.717) is 31.6 Å². The molecule has 3 heterocycles. The van der Waals surface area contributed by atoms with E-state index in [1.807, 2.05) is 13.8 Å². The number of halogens is 3. The van der Waals surface area contributed by atoms with Gasteiger partial charge >= 0.3 is 24.1 Å². The summed E-state index contributed by atoms with van der Waals surface area (Å²) in [5, 5.41) is 20.5. The van der Waals surface area contributed by atoms with E-state index in [1.165, 1.54) is 17.2 Å². The fourth-order valence-corrected chi connectivity index (χ4v) is 4.76. The summed E-state index contributed by atoms with van der Waals surface area (Å²) in [5.41, 5.74) is -1.77. The highest BCUT2D eigenvalue weighted by Gasteiger charge is 2.46. The van der Waals surface area contributed by atoms with Crippen molar-refractivity contribution in [3.8, 4) is 6.01 Å². The number of nitrogens with zero attached hydrogens (tertiary/aromatic N) is 5. The number of fused-ring (bicyclic) bond motifs is 1. The largest absolute Gasteiger partial charge is 0.465 e. The van der Waals surface area contributed by atoms with Gasteiger partial charge in [-0.2, -0.15) is 13.2 Å². The van der Waals surface area contributed by atoms with Gasteiger partial charge in [-0.3, -0.25) is 9.47 Å². The quantitative estimate of drug-likeness (QED) is 0.460. The molecule has 0 aliphatic carbocycles. The average molecular weight is 509 g/mol. The molecule has 0 spiro atoms. The Labute approximate surface area is 204 Å². The molecule has 2 aromatic rings. The lowest BCUT2D eigenvalue weighted by molar-refractivity contribution is -0.389. The highest BCUT2D eigenvalue weighted by Crippen LogP contribution is 2.35. The lowest BCUT2D eigenvalue weighted by atomic mass is 9.89. The molecule has 1 aromatic carbocycles. The number of hydrogen-bond donors (Lipinski definition) is 1. The van der Waals surface area contributed by atoms with Gasteiger partial charge in [-0.25, -0.2) is 4.79 Å². The Bertz CT molecular complexity index is 1170. The molecular weight excluding hydrogens is 483 g/mol. The molecule has 10 nitrogen and oxygen atoms in total. The lowest BCUT2D eigenvalue weighted by Gasteiger charge is -2.49. The first kappa shape index (κ1) is 25.5. The topological polar surface area (TPSA) is 114 Å². The van der Waals surface area contributed by atoms with E-state index in [0.717, 1.165) is 12.1 Å². The summed E-state index contributed by atoms with van der Waals surface area (Å²) >= 11 is 0. The summed E-state index contributed by atoms with van der Waals surface area (Å²) in [7, 11) is 0. The SMILES string of the molecule is CC1(CC=Cc2cccc(C(F)(F)F)c2)CN(C(=O)O)CCN1C[C@@]1(C)Cn2cc([N+](=O)[O-])nc2O1. The summed E-state index contributed by atoms with van der Waals surface area (Å²) in [6.07, 6.45) is -0.443. The van der Waals surface area contributed by atoms with Crippen LogP contribution in [-0.2, 0) is 12.7 Å². The Hall–Kier alpha value is -3.61. The Kier molecular flexibility index (Phi) is 6.45. The molecule has 0 saturated carbocycles. The molecule has 2 aliphatic heterocycles. The summed E-state index contributed by atoms with van der Waals surface area (Å²) in [6, 6.07) is 5.14. The average Bonchev–Trinajstić information content (AvgIpc) is 3.30. The smallest absolute Gasteiger partial charge is 0.416 e. The molecule has 1 N–H and O–H groups in total. The second-order valence-corrected chi connectivity index (χ2v) is 9.67. The summed E-state index contributed by atoms with van der Waals surface area (Å²) in [4.78, 5) is 29.4. The van der Waals surface area contributed by atoms with Crippen LogP contribution in [0.25, 0.3) is 6.08 Å². The van der Waals surface area contributed by atoms with Gasteiger partial charge in [0.25, 0.3) is 0 Å². The van der Waals surface area contributed by atoms with Crippen LogP contribution in [0.4, 0.5) is 23.8 Å². The van der Waals surface area contributed by atoms with Crippen LogP contribution in [0.1, 0.15) is 31.4 Å². The fourth-order valence-electron chi connectivity index (χ4n) is 4.76. The van der Waals surface area contributed by atoms with Crippen molar-refractivity contribution in [2.75, 3.05) is 26.2 Å². The van der Waals surface area contributed by atoms with Gasteiger partial charge in [0.2, 0.25) is 0 Å². The van der Waals surface area contributed by atoms with E-state index in [4.69, 9.17) is 4.74 Å². The summed E-state index contributed by atoms with van der Waals surface area (Å²) in [5.74, 6) is -0.299. The van der Waals surface area contributed by atoms with E-state index in [-0.39, 0.29) is 24.9 Å². The van der Waals surface area contributed by atoms with E-state index < -0.39 is 33.9 Å². The van der Waals surface area contributed by atoms with Crippen molar-refractivity contribution in [1.29, 1.82) is 0 Å². The van der Waals surface area contributed by atoms with E-state index in [2.05, 4.69) is 9.88 Å². The van der Waals surface area contributed by atoms with Crippen molar-refractivity contribution >= 4 is 18.0 Å². The van der Waals surface area contributed by atoms with Crippen LogP contribution >= 0.6 is 0 Å². The Morgan fingerprint density at radius 2 is 2.06 bits per heavy atom. The van der Waals surface area contributed by atoms with Crippen molar-refractivity contribution in [2.45, 2.75) is 44.1 Å².